The highest BCUT2D eigenvalue weighted by Gasteiger charge is 2.29. The van der Waals surface area contributed by atoms with Gasteiger partial charge in [0.15, 0.2) is 0 Å². The number of carbonyl (C=O) groups is 1. The number of alkyl halides is 3. The number of hydrogen-bond donors (Lipinski definition) is 1. The SMILES string of the molecule is N#Cc1ccc(CSCC(=O)NCCOc2ccc(C(F)(F)F)cc2)cc1. The van der Waals surface area contributed by atoms with Crippen LogP contribution in [0, 0.1) is 11.3 Å². The third-order valence-corrected chi connectivity index (χ3v) is 4.46. The lowest BCUT2D eigenvalue weighted by atomic mass is 10.2. The quantitative estimate of drug-likeness (QED) is 0.688. The van der Waals surface area contributed by atoms with E-state index < -0.39 is 11.7 Å². The molecule has 8 heteroatoms. The van der Waals surface area contributed by atoms with Crippen LogP contribution in [0.3, 0.4) is 0 Å². The van der Waals surface area contributed by atoms with Crippen molar-refractivity contribution >= 4 is 17.7 Å². The van der Waals surface area contributed by atoms with Crippen molar-refractivity contribution in [1.82, 2.24) is 5.32 Å². The molecule has 0 aliphatic rings. The van der Waals surface area contributed by atoms with Crippen LogP contribution in [0.15, 0.2) is 48.5 Å². The van der Waals surface area contributed by atoms with Crippen LogP contribution >= 0.6 is 11.8 Å². The topological polar surface area (TPSA) is 62.1 Å². The fourth-order valence-electron chi connectivity index (χ4n) is 2.09. The van der Waals surface area contributed by atoms with Crippen molar-refractivity contribution in [2.24, 2.45) is 0 Å². The molecule has 0 aliphatic carbocycles. The third-order valence-electron chi connectivity index (χ3n) is 3.46. The van der Waals surface area contributed by atoms with Gasteiger partial charge in [0.2, 0.25) is 5.91 Å². The lowest BCUT2D eigenvalue weighted by molar-refractivity contribution is -0.137. The summed E-state index contributed by atoms with van der Waals surface area (Å²) >= 11 is 1.44. The molecule has 0 fully saturated rings. The van der Waals surface area contributed by atoms with E-state index in [4.69, 9.17) is 10.00 Å². The largest absolute Gasteiger partial charge is 0.492 e. The van der Waals surface area contributed by atoms with Crippen LogP contribution in [0.5, 0.6) is 5.75 Å². The molecule has 0 aromatic heterocycles. The molecule has 2 aromatic carbocycles. The number of amides is 1. The van der Waals surface area contributed by atoms with Gasteiger partial charge >= 0.3 is 6.18 Å². The van der Waals surface area contributed by atoms with Crippen molar-refractivity contribution in [3.05, 3.63) is 65.2 Å². The number of nitrogens with zero attached hydrogens (tertiary/aromatic N) is 1. The number of ether oxygens (including phenoxy) is 1. The molecule has 0 bridgehead atoms. The first-order valence-corrected chi connectivity index (χ1v) is 9.17. The maximum Gasteiger partial charge on any atom is 0.416 e. The number of rotatable bonds is 8. The fourth-order valence-corrected chi connectivity index (χ4v) is 2.91. The molecule has 0 radical (unpaired) electrons. The molecule has 0 atom stereocenters. The van der Waals surface area contributed by atoms with Crippen molar-refractivity contribution in [1.29, 1.82) is 5.26 Å². The number of thioether (sulfide) groups is 1. The summed E-state index contributed by atoms with van der Waals surface area (Å²) in [6, 6.07) is 13.6. The standard InChI is InChI=1S/C19H17F3N2O2S/c20-19(21,22)16-5-7-17(8-6-16)26-10-9-24-18(25)13-27-12-15-3-1-14(11-23)2-4-15/h1-8H,9-10,12-13H2,(H,24,25). The Morgan fingerprint density at radius 1 is 1.11 bits per heavy atom. The molecule has 2 aromatic rings. The second-order valence-corrected chi connectivity index (χ2v) is 6.51. The highest BCUT2D eigenvalue weighted by Crippen LogP contribution is 2.30. The Kier molecular flexibility index (Phi) is 7.55. The summed E-state index contributed by atoms with van der Waals surface area (Å²) < 4.78 is 42.7. The molecule has 0 unspecified atom stereocenters. The van der Waals surface area contributed by atoms with Crippen LogP contribution in [0.4, 0.5) is 13.2 Å². The number of nitrogens with one attached hydrogen (secondary N) is 1. The van der Waals surface area contributed by atoms with Crippen molar-refractivity contribution in [3.8, 4) is 11.8 Å². The number of hydrogen-bond acceptors (Lipinski definition) is 4. The third kappa shape index (κ3) is 7.23. The highest BCUT2D eigenvalue weighted by molar-refractivity contribution is 7.99. The normalized spacial score (nSPS) is 10.9. The summed E-state index contributed by atoms with van der Waals surface area (Å²) in [6.07, 6.45) is -4.37. The molecule has 0 saturated carbocycles. The lowest BCUT2D eigenvalue weighted by Gasteiger charge is -2.10. The summed E-state index contributed by atoms with van der Waals surface area (Å²) in [4.78, 5) is 11.7. The molecule has 0 spiro atoms. The summed E-state index contributed by atoms with van der Waals surface area (Å²) in [5.41, 5.74) is 0.884. The molecule has 27 heavy (non-hydrogen) atoms. The van der Waals surface area contributed by atoms with E-state index in [9.17, 15) is 18.0 Å². The van der Waals surface area contributed by atoms with Gasteiger partial charge in [-0.05, 0) is 42.0 Å². The maximum atomic E-state index is 12.5. The molecule has 142 valence electrons. The minimum absolute atomic E-state index is 0.148. The molecule has 0 aliphatic heterocycles. The van der Waals surface area contributed by atoms with Gasteiger partial charge in [-0.15, -0.1) is 11.8 Å². The Balaban J connectivity index is 1.61. The summed E-state index contributed by atoms with van der Waals surface area (Å²) in [6.45, 7) is 0.425. The summed E-state index contributed by atoms with van der Waals surface area (Å²) in [7, 11) is 0. The predicted octanol–water partition coefficient (Wildman–Crippen LogP) is 4.01. The maximum absolute atomic E-state index is 12.5. The van der Waals surface area contributed by atoms with Crippen LogP contribution in [0.2, 0.25) is 0 Å². The Labute approximate surface area is 159 Å². The Morgan fingerprint density at radius 2 is 1.78 bits per heavy atom. The molecule has 0 heterocycles. The molecule has 1 amide bonds. The predicted molar refractivity (Wildman–Crippen MR) is 97.3 cm³/mol. The zero-order valence-electron chi connectivity index (χ0n) is 14.3. The number of benzene rings is 2. The van der Waals surface area contributed by atoms with E-state index in [2.05, 4.69) is 5.32 Å². The minimum Gasteiger partial charge on any atom is -0.492 e. The average Bonchev–Trinajstić information content (AvgIpc) is 2.65. The molecular formula is C19H17F3N2O2S. The van der Waals surface area contributed by atoms with Gasteiger partial charge in [0.05, 0.1) is 29.5 Å². The molecule has 4 nitrogen and oxygen atoms in total. The van der Waals surface area contributed by atoms with Crippen molar-refractivity contribution in [2.45, 2.75) is 11.9 Å². The van der Waals surface area contributed by atoms with E-state index in [1.807, 2.05) is 18.2 Å². The highest BCUT2D eigenvalue weighted by atomic mass is 32.2. The second kappa shape index (κ2) is 9.88. The van der Waals surface area contributed by atoms with E-state index in [0.29, 0.717) is 17.1 Å². The van der Waals surface area contributed by atoms with Gasteiger partial charge in [0.1, 0.15) is 12.4 Å². The fraction of sp³-hybridized carbons (Fsp3) is 0.263. The van der Waals surface area contributed by atoms with Crippen LogP contribution in [0.25, 0.3) is 0 Å². The average molecular weight is 394 g/mol. The van der Waals surface area contributed by atoms with Crippen molar-refractivity contribution < 1.29 is 22.7 Å². The Hall–Kier alpha value is -2.66. The number of nitriles is 1. The van der Waals surface area contributed by atoms with Gasteiger partial charge in [-0.3, -0.25) is 4.79 Å². The van der Waals surface area contributed by atoms with E-state index in [1.165, 1.54) is 23.9 Å². The van der Waals surface area contributed by atoms with Crippen molar-refractivity contribution in [3.63, 3.8) is 0 Å². The first-order chi connectivity index (χ1) is 12.9. The minimum atomic E-state index is -4.37. The lowest BCUT2D eigenvalue weighted by Crippen LogP contribution is -2.29. The number of carbonyl (C=O) groups excluding carboxylic acids is 1. The van der Waals surface area contributed by atoms with Crippen LogP contribution < -0.4 is 10.1 Å². The van der Waals surface area contributed by atoms with Gasteiger partial charge in [0, 0.05) is 5.75 Å². The van der Waals surface area contributed by atoms with E-state index in [0.717, 1.165) is 17.7 Å². The Morgan fingerprint density at radius 3 is 2.37 bits per heavy atom. The van der Waals surface area contributed by atoms with Gasteiger partial charge in [-0.2, -0.15) is 18.4 Å². The first-order valence-electron chi connectivity index (χ1n) is 8.02. The van der Waals surface area contributed by atoms with Gasteiger partial charge in [0.25, 0.3) is 0 Å². The smallest absolute Gasteiger partial charge is 0.416 e. The van der Waals surface area contributed by atoms with Gasteiger partial charge < -0.3 is 10.1 Å². The van der Waals surface area contributed by atoms with Gasteiger partial charge in [-0.1, -0.05) is 12.1 Å². The molecule has 0 saturated heterocycles. The zero-order valence-corrected chi connectivity index (χ0v) is 15.1. The van der Waals surface area contributed by atoms with Crippen molar-refractivity contribution in [2.75, 3.05) is 18.9 Å². The monoisotopic (exact) mass is 394 g/mol. The van der Waals surface area contributed by atoms with Crippen LogP contribution in [-0.2, 0) is 16.7 Å². The van der Waals surface area contributed by atoms with Crippen LogP contribution in [-0.4, -0.2) is 24.8 Å². The molecule has 1 N–H and O–H groups in total. The number of halogens is 3. The summed E-state index contributed by atoms with van der Waals surface area (Å²) in [5.74, 6) is 1.10. The van der Waals surface area contributed by atoms with Crippen LogP contribution in [0.1, 0.15) is 16.7 Å². The zero-order chi connectivity index (χ0) is 19.7. The first kappa shape index (κ1) is 20.6. The van der Waals surface area contributed by atoms with E-state index in [1.54, 1.807) is 12.1 Å². The van der Waals surface area contributed by atoms with Gasteiger partial charge in [-0.25, -0.2) is 0 Å². The molecular weight excluding hydrogens is 377 g/mol. The van der Waals surface area contributed by atoms with E-state index >= 15 is 0 Å². The summed E-state index contributed by atoms with van der Waals surface area (Å²) in [5, 5.41) is 11.4. The second-order valence-electron chi connectivity index (χ2n) is 5.52. The Bertz CT molecular complexity index is 785. The van der Waals surface area contributed by atoms with E-state index in [-0.39, 0.29) is 24.8 Å². The molecule has 2 rings (SSSR count).